The first-order valence-corrected chi connectivity index (χ1v) is 14.6. The van der Waals surface area contributed by atoms with Crippen LogP contribution in [0.25, 0.3) is 22.4 Å². The lowest BCUT2D eigenvalue weighted by Gasteiger charge is -2.05. The zero-order valence-electron chi connectivity index (χ0n) is 20.5. The summed E-state index contributed by atoms with van der Waals surface area (Å²) in [5.41, 5.74) is 5.21. The summed E-state index contributed by atoms with van der Waals surface area (Å²) in [7, 11) is -3.41. The molecule has 0 aliphatic heterocycles. The second-order valence-corrected chi connectivity index (χ2v) is 12.0. The minimum atomic E-state index is -3.41. The van der Waals surface area contributed by atoms with Crippen LogP contribution >= 0.6 is 11.3 Å². The fourth-order valence-electron chi connectivity index (χ4n) is 3.95. The molecule has 186 valence electrons. The van der Waals surface area contributed by atoms with Gasteiger partial charge in [-0.05, 0) is 43.0 Å². The maximum absolute atomic E-state index is 12.6. The van der Waals surface area contributed by atoms with Crippen LogP contribution in [0.15, 0.2) is 83.8 Å². The van der Waals surface area contributed by atoms with Gasteiger partial charge in [-0.3, -0.25) is 4.79 Å². The summed E-state index contributed by atoms with van der Waals surface area (Å²) in [4.78, 5) is 18.7. The summed E-state index contributed by atoms with van der Waals surface area (Å²) >= 11 is 1.48. The standard InChI is InChI=1S/C29H30N2O3S2/c1-3-8-26-28(24-16-14-23(15-17-24)22-9-5-4-6-10-22)31-29(35-26)30-27(32)11-7-20-36(33,34)25-18-12-21(2)13-19-25/h4-6,9-10,12-19H,3,7-8,11,20H2,1-2H3,(H,30,31,32). The number of thiazole rings is 1. The third kappa shape index (κ3) is 6.47. The van der Waals surface area contributed by atoms with Gasteiger partial charge in [0.2, 0.25) is 5.91 Å². The van der Waals surface area contributed by atoms with Gasteiger partial charge < -0.3 is 5.32 Å². The fourth-order valence-corrected chi connectivity index (χ4v) is 6.36. The van der Waals surface area contributed by atoms with Crippen LogP contribution in [0, 0.1) is 6.92 Å². The number of anilines is 1. The molecule has 0 unspecified atom stereocenters. The number of hydrogen-bond donors (Lipinski definition) is 1. The van der Waals surface area contributed by atoms with Crippen molar-refractivity contribution in [3.05, 3.63) is 89.3 Å². The topological polar surface area (TPSA) is 76.1 Å². The van der Waals surface area contributed by atoms with Crippen molar-refractivity contribution >= 4 is 32.2 Å². The molecule has 0 atom stereocenters. The van der Waals surface area contributed by atoms with Crippen molar-refractivity contribution in [2.24, 2.45) is 0 Å². The van der Waals surface area contributed by atoms with Gasteiger partial charge in [0.25, 0.3) is 0 Å². The van der Waals surface area contributed by atoms with E-state index in [1.807, 2.05) is 25.1 Å². The van der Waals surface area contributed by atoms with E-state index in [9.17, 15) is 13.2 Å². The van der Waals surface area contributed by atoms with Crippen molar-refractivity contribution in [3.8, 4) is 22.4 Å². The minimum absolute atomic E-state index is 0.0680. The van der Waals surface area contributed by atoms with Crippen LogP contribution < -0.4 is 5.32 Å². The Kier molecular flexibility index (Phi) is 8.33. The van der Waals surface area contributed by atoms with E-state index in [2.05, 4.69) is 48.6 Å². The molecule has 0 saturated carbocycles. The molecule has 4 aromatic rings. The smallest absolute Gasteiger partial charge is 0.226 e. The van der Waals surface area contributed by atoms with Gasteiger partial charge >= 0.3 is 0 Å². The minimum Gasteiger partial charge on any atom is -0.302 e. The highest BCUT2D eigenvalue weighted by Crippen LogP contribution is 2.33. The Morgan fingerprint density at radius 3 is 2.19 bits per heavy atom. The Morgan fingerprint density at radius 1 is 0.889 bits per heavy atom. The Bertz CT molecular complexity index is 1410. The number of benzene rings is 3. The fraction of sp³-hybridized carbons (Fsp3) is 0.241. The van der Waals surface area contributed by atoms with Crippen LogP contribution in [0.5, 0.6) is 0 Å². The second kappa shape index (κ2) is 11.6. The van der Waals surface area contributed by atoms with Crippen molar-refractivity contribution in [1.29, 1.82) is 0 Å². The molecule has 1 heterocycles. The first-order chi connectivity index (χ1) is 17.4. The monoisotopic (exact) mass is 518 g/mol. The lowest BCUT2D eigenvalue weighted by Crippen LogP contribution is -2.14. The summed E-state index contributed by atoms with van der Waals surface area (Å²) < 4.78 is 25.1. The molecule has 0 aliphatic carbocycles. The van der Waals surface area contributed by atoms with Crippen LogP contribution in [0.2, 0.25) is 0 Å². The lowest BCUT2D eigenvalue weighted by molar-refractivity contribution is -0.116. The Labute approximate surface area is 217 Å². The van der Waals surface area contributed by atoms with Gasteiger partial charge in [0.05, 0.1) is 16.3 Å². The first-order valence-electron chi connectivity index (χ1n) is 12.1. The van der Waals surface area contributed by atoms with Gasteiger partial charge in [-0.15, -0.1) is 11.3 Å². The molecule has 36 heavy (non-hydrogen) atoms. The van der Waals surface area contributed by atoms with E-state index >= 15 is 0 Å². The molecule has 4 rings (SSSR count). The number of rotatable bonds is 10. The number of carbonyl (C=O) groups is 1. The van der Waals surface area contributed by atoms with Crippen LogP contribution in [0.1, 0.15) is 36.6 Å². The van der Waals surface area contributed by atoms with E-state index in [-0.39, 0.29) is 24.5 Å². The molecule has 7 heteroatoms. The third-order valence-corrected chi connectivity index (χ3v) is 8.73. The average Bonchev–Trinajstić information content (AvgIpc) is 3.27. The third-order valence-electron chi connectivity index (χ3n) is 5.88. The largest absolute Gasteiger partial charge is 0.302 e. The Hall–Kier alpha value is -3.29. The maximum Gasteiger partial charge on any atom is 0.226 e. The van der Waals surface area contributed by atoms with Crippen LogP contribution in [0.4, 0.5) is 5.13 Å². The van der Waals surface area contributed by atoms with Crippen molar-refractivity contribution in [2.45, 2.75) is 44.4 Å². The van der Waals surface area contributed by atoms with Crippen molar-refractivity contribution in [1.82, 2.24) is 4.98 Å². The number of hydrogen-bond acceptors (Lipinski definition) is 5. The molecule has 0 bridgehead atoms. The molecule has 0 aliphatic rings. The molecule has 0 saturated heterocycles. The van der Waals surface area contributed by atoms with E-state index in [0.29, 0.717) is 10.0 Å². The zero-order chi connectivity index (χ0) is 25.5. The lowest BCUT2D eigenvalue weighted by atomic mass is 10.0. The van der Waals surface area contributed by atoms with E-state index in [4.69, 9.17) is 4.98 Å². The molecule has 0 fully saturated rings. The van der Waals surface area contributed by atoms with Crippen molar-refractivity contribution < 1.29 is 13.2 Å². The first kappa shape index (κ1) is 25.8. The van der Waals surface area contributed by atoms with Gasteiger partial charge in [-0.1, -0.05) is 85.6 Å². The van der Waals surface area contributed by atoms with Crippen LogP contribution in [0.3, 0.4) is 0 Å². The normalized spacial score (nSPS) is 11.4. The zero-order valence-corrected chi connectivity index (χ0v) is 22.2. The summed E-state index contributed by atoms with van der Waals surface area (Å²) in [5, 5.41) is 3.42. The van der Waals surface area contributed by atoms with Gasteiger partial charge in [-0.2, -0.15) is 0 Å². The molecule has 1 amide bonds. The van der Waals surface area contributed by atoms with Gasteiger partial charge in [0.15, 0.2) is 15.0 Å². The molecule has 1 N–H and O–H groups in total. The predicted octanol–water partition coefficient (Wildman–Crippen LogP) is 6.93. The predicted molar refractivity (Wildman–Crippen MR) is 148 cm³/mol. The van der Waals surface area contributed by atoms with Crippen molar-refractivity contribution in [2.75, 3.05) is 11.1 Å². The molecular formula is C29H30N2O3S2. The molecule has 0 spiro atoms. The van der Waals surface area contributed by atoms with Gasteiger partial charge in [-0.25, -0.2) is 13.4 Å². The number of aromatic nitrogens is 1. The highest BCUT2D eigenvalue weighted by molar-refractivity contribution is 7.91. The summed E-state index contributed by atoms with van der Waals surface area (Å²) in [5.74, 6) is -0.293. The number of carbonyl (C=O) groups excluding carboxylic acids is 1. The van der Waals surface area contributed by atoms with Gasteiger partial charge in [0, 0.05) is 16.9 Å². The summed E-state index contributed by atoms with van der Waals surface area (Å²) in [6, 6.07) is 25.3. The SMILES string of the molecule is CCCc1sc(NC(=O)CCCS(=O)(=O)c2ccc(C)cc2)nc1-c1ccc(-c2ccccc2)cc1. The maximum atomic E-state index is 12.6. The number of aryl methyl sites for hydroxylation is 2. The van der Waals surface area contributed by atoms with E-state index in [0.717, 1.165) is 45.7 Å². The summed E-state index contributed by atoms with van der Waals surface area (Å²) in [6.45, 7) is 4.03. The quantitative estimate of drug-likeness (QED) is 0.247. The number of nitrogens with zero attached hydrogens (tertiary/aromatic N) is 1. The molecule has 3 aromatic carbocycles. The summed E-state index contributed by atoms with van der Waals surface area (Å²) in [6.07, 6.45) is 2.22. The molecular weight excluding hydrogens is 488 g/mol. The van der Waals surface area contributed by atoms with Gasteiger partial charge in [0.1, 0.15) is 0 Å². The molecule has 0 radical (unpaired) electrons. The van der Waals surface area contributed by atoms with Crippen LogP contribution in [-0.4, -0.2) is 25.1 Å². The number of sulfone groups is 1. The number of nitrogens with one attached hydrogen (secondary N) is 1. The van der Waals surface area contributed by atoms with E-state index in [1.165, 1.54) is 11.3 Å². The average molecular weight is 519 g/mol. The molecule has 5 nitrogen and oxygen atoms in total. The number of amides is 1. The Balaban J connectivity index is 1.40. The van der Waals surface area contributed by atoms with E-state index < -0.39 is 9.84 Å². The van der Waals surface area contributed by atoms with Crippen LogP contribution in [-0.2, 0) is 21.1 Å². The van der Waals surface area contributed by atoms with E-state index in [1.54, 1.807) is 24.3 Å². The van der Waals surface area contributed by atoms with Crippen molar-refractivity contribution in [3.63, 3.8) is 0 Å². The highest BCUT2D eigenvalue weighted by Gasteiger charge is 2.17. The Morgan fingerprint density at radius 2 is 1.53 bits per heavy atom. The molecule has 1 aromatic heterocycles. The highest BCUT2D eigenvalue weighted by atomic mass is 32.2. The second-order valence-electron chi connectivity index (χ2n) is 8.77.